The summed E-state index contributed by atoms with van der Waals surface area (Å²) in [7, 11) is 0. The average Bonchev–Trinajstić information content (AvgIpc) is 2.71. The fourth-order valence-corrected chi connectivity index (χ4v) is 3.48. The molecule has 0 bridgehead atoms. The number of aliphatic hydroxyl groups is 1. The summed E-state index contributed by atoms with van der Waals surface area (Å²) >= 11 is 6.10. The highest BCUT2D eigenvalue weighted by atomic mass is 35.5. The van der Waals surface area contributed by atoms with Crippen molar-refractivity contribution in [2.45, 2.75) is 31.9 Å². The Morgan fingerprint density at radius 3 is 2.59 bits per heavy atom. The van der Waals surface area contributed by atoms with Gasteiger partial charge in [0.2, 0.25) is 0 Å². The molecule has 1 unspecified atom stereocenters. The molecule has 0 radical (unpaired) electrons. The summed E-state index contributed by atoms with van der Waals surface area (Å²) in [5.41, 5.74) is 1.53. The second-order valence-electron chi connectivity index (χ2n) is 7.84. The second kappa shape index (κ2) is 9.28. The van der Waals surface area contributed by atoms with Crippen LogP contribution in [0.3, 0.4) is 0 Å². The lowest BCUT2D eigenvalue weighted by Crippen LogP contribution is -2.46. The molecule has 29 heavy (non-hydrogen) atoms. The van der Waals surface area contributed by atoms with Gasteiger partial charge < -0.3 is 15.2 Å². The Hall–Kier alpha value is -2.58. The number of halogens is 1. The predicted octanol–water partition coefficient (Wildman–Crippen LogP) is 4.72. The smallest absolute Gasteiger partial charge is 0.138 e. The van der Waals surface area contributed by atoms with Crippen molar-refractivity contribution in [1.82, 2.24) is 5.32 Å². The number of nitrogens with zero attached hydrogens (tertiary/aromatic N) is 1. The first kappa shape index (κ1) is 21.1. The number of nitrogens with one attached hydrogen (secondary N) is 1. The van der Waals surface area contributed by atoms with Crippen LogP contribution in [-0.4, -0.2) is 29.9 Å². The van der Waals surface area contributed by atoms with Crippen LogP contribution in [0.5, 0.6) is 5.75 Å². The molecule has 0 saturated heterocycles. The summed E-state index contributed by atoms with van der Waals surface area (Å²) < 4.78 is 5.60. The molecule has 0 heterocycles. The number of aliphatic hydroxyl groups excluding tert-OH is 1. The van der Waals surface area contributed by atoms with E-state index in [1.54, 1.807) is 18.2 Å². The van der Waals surface area contributed by atoms with E-state index in [9.17, 15) is 5.11 Å². The van der Waals surface area contributed by atoms with E-state index in [-0.39, 0.29) is 12.1 Å². The number of ether oxygens (including phenoxy) is 1. The molecule has 0 aliphatic carbocycles. The minimum atomic E-state index is -0.683. The van der Waals surface area contributed by atoms with E-state index in [4.69, 9.17) is 21.6 Å². The number of rotatable bonds is 8. The van der Waals surface area contributed by atoms with Crippen LogP contribution in [0.4, 0.5) is 0 Å². The summed E-state index contributed by atoms with van der Waals surface area (Å²) in [6.45, 7) is 4.75. The maximum Gasteiger partial charge on any atom is 0.138 e. The molecule has 0 aliphatic rings. The molecule has 1 atom stereocenters. The zero-order valence-corrected chi connectivity index (χ0v) is 17.4. The summed E-state index contributed by atoms with van der Waals surface area (Å²) in [5, 5.41) is 25.4. The average molecular weight is 409 g/mol. The van der Waals surface area contributed by atoms with Gasteiger partial charge in [-0.2, -0.15) is 5.26 Å². The normalized spacial score (nSPS) is 12.5. The molecule has 150 valence electrons. The summed E-state index contributed by atoms with van der Waals surface area (Å²) in [6, 6.07) is 21.7. The van der Waals surface area contributed by atoms with Crippen LogP contribution < -0.4 is 10.1 Å². The molecular formula is C24H25ClN2O2. The van der Waals surface area contributed by atoms with Crippen molar-refractivity contribution in [3.05, 3.63) is 76.8 Å². The van der Waals surface area contributed by atoms with Gasteiger partial charge in [0, 0.05) is 12.1 Å². The van der Waals surface area contributed by atoms with Gasteiger partial charge in [-0.25, -0.2) is 0 Å². The highest BCUT2D eigenvalue weighted by Gasteiger charge is 2.20. The first-order valence-electron chi connectivity index (χ1n) is 9.59. The molecule has 0 spiro atoms. The monoisotopic (exact) mass is 408 g/mol. The number of benzene rings is 3. The third kappa shape index (κ3) is 5.95. The lowest BCUT2D eigenvalue weighted by Gasteiger charge is -2.28. The predicted molar refractivity (Wildman–Crippen MR) is 117 cm³/mol. The molecule has 3 aromatic rings. The molecule has 2 N–H and O–H groups in total. The van der Waals surface area contributed by atoms with Crippen LogP contribution in [0.25, 0.3) is 10.8 Å². The Labute approximate surface area is 176 Å². The Morgan fingerprint density at radius 1 is 1.10 bits per heavy atom. The number of hydrogen-bond acceptors (Lipinski definition) is 4. The maximum absolute atomic E-state index is 10.3. The summed E-state index contributed by atoms with van der Waals surface area (Å²) in [6.07, 6.45) is 0.157. The van der Waals surface area contributed by atoms with Gasteiger partial charge in [0.15, 0.2) is 0 Å². The lowest BCUT2D eigenvalue weighted by atomic mass is 9.93. The molecule has 0 aliphatic heterocycles. The molecule has 0 saturated carbocycles. The van der Waals surface area contributed by atoms with Crippen LogP contribution in [0.2, 0.25) is 5.02 Å². The molecule has 0 fully saturated rings. The summed E-state index contributed by atoms with van der Waals surface area (Å²) in [5.74, 6) is 0.458. The van der Waals surface area contributed by atoms with E-state index in [1.807, 2.05) is 18.2 Å². The quantitative estimate of drug-likeness (QED) is 0.566. The van der Waals surface area contributed by atoms with Crippen molar-refractivity contribution >= 4 is 22.4 Å². The first-order chi connectivity index (χ1) is 13.9. The topological polar surface area (TPSA) is 65.3 Å². The molecule has 5 heteroatoms. The standard InChI is InChI=1S/C24H25ClN2O2/c1-24(2,13-17-7-9-19-5-3-4-6-20(19)11-17)27-15-21(28)16-29-23-10-8-18(14-26)12-22(23)25/h3-12,21,27-28H,13,15-16H2,1-2H3. The van der Waals surface area contributed by atoms with E-state index in [0.717, 1.165) is 6.42 Å². The molecule has 0 aromatic heterocycles. The summed E-state index contributed by atoms with van der Waals surface area (Å²) in [4.78, 5) is 0. The highest BCUT2D eigenvalue weighted by molar-refractivity contribution is 6.32. The van der Waals surface area contributed by atoms with Gasteiger partial charge in [-0.05, 0) is 54.8 Å². The zero-order chi connectivity index (χ0) is 20.9. The molecule has 0 amide bonds. The minimum absolute atomic E-state index is 0.116. The third-order valence-corrected chi connectivity index (χ3v) is 5.06. The van der Waals surface area contributed by atoms with Crippen LogP contribution in [0, 0.1) is 11.3 Å². The van der Waals surface area contributed by atoms with E-state index in [0.29, 0.717) is 22.9 Å². The van der Waals surface area contributed by atoms with E-state index < -0.39 is 6.10 Å². The van der Waals surface area contributed by atoms with Crippen LogP contribution in [-0.2, 0) is 6.42 Å². The van der Waals surface area contributed by atoms with Crippen LogP contribution in [0.1, 0.15) is 25.0 Å². The van der Waals surface area contributed by atoms with Crippen molar-refractivity contribution in [3.8, 4) is 11.8 Å². The van der Waals surface area contributed by atoms with Crippen molar-refractivity contribution in [1.29, 1.82) is 5.26 Å². The van der Waals surface area contributed by atoms with Crippen molar-refractivity contribution < 1.29 is 9.84 Å². The number of fused-ring (bicyclic) bond motifs is 1. The van der Waals surface area contributed by atoms with E-state index in [2.05, 4.69) is 49.5 Å². The Kier molecular flexibility index (Phi) is 6.76. The SMILES string of the molecule is CC(C)(Cc1ccc2ccccc2c1)NCC(O)COc1ccc(C#N)cc1Cl. The maximum atomic E-state index is 10.3. The van der Waals surface area contributed by atoms with Gasteiger partial charge >= 0.3 is 0 Å². The van der Waals surface area contributed by atoms with Crippen molar-refractivity contribution in [2.24, 2.45) is 0 Å². The second-order valence-corrected chi connectivity index (χ2v) is 8.25. The molecule has 3 rings (SSSR count). The van der Waals surface area contributed by atoms with Crippen LogP contribution in [0.15, 0.2) is 60.7 Å². The van der Waals surface area contributed by atoms with Gasteiger partial charge in [-0.1, -0.05) is 54.1 Å². The zero-order valence-electron chi connectivity index (χ0n) is 16.7. The fourth-order valence-electron chi connectivity index (χ4n) is 3.25. The fraction of sp³-hybridized carbons (Fsp3) is 0.292. The van der Waals surface area contributed by atoms with E-state index >= 15 is 0 Å². The Bertz CT molecular complexity index is 1030. The largest absolute Gasteiger partial charge is 0.489 e. The molecule has 3 aromatic carbocycles. The Balaban J connectivity index is 1.51. The number of β-amino-alcohol motifs (C(OH)–C–C–N with tert-alkyl or cyclic N) is 1. The van der Waals surface area contributed by atoms with Gasteiger partial charge in [0.25, 0.3) is 0 Å². The van der Waals surface area contributed by atoms with Crippen molar-refractivity contribution in [3.63, 3.8) is 0 Å². The van der Waals surface area contributed by atoms with Gasteiger partial charge in [0.05, 0.1) is 16.7 Å². The van der Waals surface area contributed by atoms with Gasteiger partial charge in [-0.3, -0.25) is 0 Å². The van der Waals surface area contributed by atoms with E-state index in [1.165, 1.54) is 16.3 Å². The number of hydrogen-bond donors (Lipinski definition) is 2. The van der Waals surface area contributed by atoms with Crippen molar-refractivity contribution in [2.75, 3.05) is 13.2 Å². The highest BCUT2D eigenvalue weighted by Crippen LogP contribution is 2.25. The Morgan fingerprint density at radius 2 is 1.86 bits per heavy atom. The number of nitriles is 1. The molecular weight excluding hydrogens is 384 g/mol. The third-order valence-electron chi connectivity index (χ3n) is 4.77. The van der Waals surface area contributed by atoms with Gasteiger partial charge in [-0.15, -0.1) is 0 Å². The van der Waals surface area contributed by atoms with Gasteiger partial charge in [0.1, 0.15) is 18.5 Å². The molecule has 4 nitrogen and oxygen atoms in total. The van der Waals surface area contributed by atoms with Crippen LogP contribution >= 0.6 is 11.6 Å². The minimum Gasteiger partial charge on any atom is -0.489 e. The lowest BCUT2D eigenvalue weighted by molar-refractivity contribution is 0.0989. The first-order valence-corrected chi connectivity index (χ1v) is 9.97.